The first-order chi connectivity index (χ1) is 17.2. The molecule has 0 bridgehead atoms. The topological polar surface area (TPSA) is 49.7 Å². The Bertz CT molecular complexity index is 626. The zero-order chi connectivity index (χ0) is 25.6. The largest absolute Gasteiger partial charge is 0.504 e. The van der Waals surface area contributed by atoms with Crippen molar-refractivity contribution in [2.45, 2.75) is 162 Å². The van der Waals surface area contributed by atoms with Gasteiger partial charge in [-0.1, -0.05) is 130 Å². The molecule has 0 atom stereocenters. The summed E-state index contributed by atoms with van der Waals surface area (Å²) in [5.41, 5.74) is 2.07. The average molecular weight is 491 g/mol. The van der Waals surface area contributed by atoms with E-state index in [1.54, 1.807) is 6.07 Å². The number of phenols is 2. The normalized spacial score (nSPS) is 11.3. The van der Waals surface area contributed by atoms with E-state index in [4.69, 9.17) is 4.74 Å². The lowest BCUT2D eigenvalue weighted by atomic mass is 9.94. The first-order valence-corrected chi connectivity index (χ1v) is 15.3. The Morgan fingerprint density at radius 1 is 0.514 bits per heavy atom. The number of unbranched alkanes of at least 4 members (excludes halogenated alkanes) is 17. The second-order valence-corrected chi connectivity index (χ2v) is 10.6. The molecular weight excluding hydrogens is 432 g/mol. The molecular formula is C32H58O3. The van der Waals surface area contributed by atoms with Crippen LogP contribution in [0, 0.1) is 0 Å². The van der Waals surface area contributed by atoms with Crippen LogP contribution < -0.4 is 4.74 Å². The highest BCUT2D eigenvalue weighted by atomic mass is 16.5. The highest BCUT2D eigenvalue weighted by Crippen LogP contribution is 2.40. The van der Waals surface area contributed by atoms with Crippen molar-refractivity contribution < 1.29 is 14.9 Å². The van der Waals surface area contributed by atoms with Crippen molar-refractivity contribution in [1.82, 2.24) is 0 Å². The smallest absolute Gasteiger partial charge is 0.161 e. The van der Waals surface area contributed by atoms with Gasteiger partial charge in [0, 0.05) is 17.2 Å². The predicted molar refractivity (Wildman–Crippen MR) is 152 cm³/mol. The minimum absolute atomic E-state index is 0.0244. The van der Waals surface area contributed by atoms with Gasteiger partial charge in [-0.15, -0.1) is 0 Å². The molecule has 0 fully saturated rings. The van der Waals surface area contributed by atoms with Gasteiger partial charge in [0.25, 0.3) is 0 Å². The molecule has 0 aromatic heterocycles. The quantitative estimate of drug-likeness (QED) is 0.112. The van der Waals surface area contributed by atoms with E-state index >= 15 is 0 Å². The third-order valence-corrected chi connectivity index (χ3v) is 7.27. The fraction of sp³-hybridized carbons (Fsp3) is 0.812. The van der Waals surface area contributed by atoms with Crippen LogP contribution in [0.25, 0.3) is 0 Å². The maximum Gasteiger partial charge on any atom is 0.161 e. The molecule has 35 heavy (non-hydrogen) atoms. The van der Waals surface area contributed by atoms with Crippen molar-refractivity contribution in [2.75, 3.05) is 6.61 Å². The Labute approximate surface area is 218 Å². The van der Waals surface area contributed by atoms with E-state index < -0.39 is 0 Å². The molecule has 0 aliphatic rings. The van der Waals surface area contributed by atoms with Crippen molar-refractivity contribution in [2.24, 2.45) is 0 Å². The average Bonchev–Trinajstić information content (AvgIpc) is 2.86. The van der Waals surface area contributed by atoms with Crippen molar-refractivity contribution in [3.63, 3.8) is 0 Å². The van der Waals surface area contributed by atoms with Crippen LogP contribution in [0.3, 0.4) is 0 Å². The van der Waals surface area contributed by atoms with Crippen molar-refractivity contribution >= 4 is 0 Å². The molecule has 1 aromatic rings. The van der Waals surface area contributed by atoms with E-state index in [1.165, 1.54) is 109 Å². The lowest BCUT2D eigenvalue weighted by Crippen LogP contribution is -2.05. The summed E-state index contributed by atoms with van der Waals surface area (Å²) in [6.07, 6.45) is 26.8. The van der Waals surface area contributed by atoms with E-state index in [0.29, 0.717) is 6.61 Å². The van der Waals surface area contributed by atoms with E-state index in [0.717, 1.165) is 49.0 Å². The second kappa shape index (κ2) is 21.9. The van der Waals surface area contributed by atoms with Crippen LogP contribution in [0.1, 0.15) is 160 Å². The fourth-order valence-electron chi connectivity index (χ4n) is 4.98. The van der Waals surface area contributed by atoms with Gasteiger partial charge < -0.3 is 14.9 Å². The lowest BCUT2D eigenvalue weighted by Gasteiger charge is -2.18. The third-order valence-electron chi connectivity index (χ3n) is 7.27. The van der Waals surface area contributed by atoms with Gasteiger partial charge in [0.15, 0.2) is 11.5 Å². The summed E-state index contributed by atoms with van der Waals surface area (Å²) < 4.78 is 6.24. The van der Waals surface area contributed by atoms with Gasteiger partial charge >= 0.3 is 0 Å². The van der Waals surface area contributed by atoms with Gasteiger partial charge in [-0.25, -0.2) is 0 Å². The van der Waals surface area contributed by atoms with Gasteiger partial charge in [0.2, 0.25) is 0 Å². The predicted octanol–water partition coefficient (Wildman–Crippen LogP) is 10.4. The van der Waals surface area contributed by atoms with E-state index in [2.05, 4.69) is 20.8 Å². The van der Waals surface area contributed by atoms with Crippen LogP contribution in [0.5, 0.6) is 17.2 Å². The highest BCUT2D eigenvalue weighted by Gasteiger charge is 2.18. The van der Waals surface area contributed by atoms with Gasteiger partial charge in [0.05, 0.1) is 6.61 Å². The second-order valence-electron chi connectivity index (χ2n) is 10.6. The molecule has 0 unspecified atom stereocenters. The molecule has 3 nitrogen and oxygen atoms in total. The Morgan fingerprint density at radius 2 is 0.914 bits per heavy atom. The maximum atomic E-state index is 10.7. The van der Waals surface area contributed by atoms with Gasteiger partial charge in [-0.2, -0.15) is 0 Å². The van der Waals surface area contributed by atoms with E-state index in [-0.39, 0.29) is 11.5 Å². The number of benzene rings is 1. The number of hydrogen-bond donors (Lipinski definition) is 2. The molecule has 0 amide bonds. The van der Waals surface area contributed by atoms with Crippen LogP contribution in [0.15, 0.2) is 6.07 Å². The molecule has 0 saturated heterocycles. The molecule has 0 spiro atoms. The summed E-state index contributed by atoms with van der Waals surface area (Å²) in [7, 11) is 0. The summed E-state index contributed by atoms with van der Waals surface area (Å²) in [6.45, 7) is 7.45. The van der Waals surface area contributed by atoms with Crippen LogP contribution >= 0.6 is 0 Å². The van der Waals surface area contributed by atoms with Crippen LogP contribution in [-0.4, -0.2) is 16.8 Å². The van der Waals surface area contributed by atoms with Gasteiger partial charge in [-0.05, 0) is 32.1 Å². The zero-order valence-electron chi connectivity index (χ0n) is 23.6. The lowest BCUT2D eigenvalue weighted by molar-refractivity contribution is 0.296. The van der Waals surface area contributed by atoms with Gasteiger partial charge in [0.1, 0.15) is 5.75 Å². The monoisotopic (exact) mass is 490 g/mol. The molecule has 1 aromatic carbocycles. The molecule has 204 valence electrons. The number of aromatic hydroxyl groups is 2. The Kier molecular flexibility index (Phi) is 19.8. The summed E-state index contributed by atoms with van der Waals surface area (Å²) in [5.74, 6) is 0.861. The van der Waals surface area contributed by atoms with Crippen molar-refractivity contribution in [1.29, 1.82) is 0 Å². The number of phenolic OH excluding ortho intramolecular Hbond substituents is 2. The molecule has 0 aliphatic heterocycles. The molecule has 3 heteroatoms. The van der Waals surface area contributed by atoms with Gasteiger partial charge in [-0.3, -0.25) is 0 Å². The fourth-order valence-corrected chi connectivity index (χ4v) is 4.98. The number of hydrogen-bond acceptors (Lipinski definition) is 3. The number of ether oxygens (including phenoxy) is 1. The summed E-state index contributed by atoms with van der Waals surface area (Å²) in [4.78, 5) is 0. The molecule has 2 N–H and O–H groups in total. The van der Waals surface area contributed by atoms with E-state index in [9.17, 15) is 10.2 Å². The molecule has 0 heterocycles. The Hall–Kier alpha value is -1.38. The van der Waals surface area contributed by atoms with Crippen molar-refractivity contribution in [3.05, 3.63) is 17.2 Å². The minimum Gasteiger partial charge on any atom is -0.504 e. The Morgan fingerprint density at radius 3 is 1.40 bits per heavy atom. The standard InChI is InChI=1S/C32H58O3/c1-4-7-10-13-16-17-20-23-26-35-31-27-30(33)32(34)29(25-22-19-15-12-9-6-3)28(31)24-21-18-14-11-8-5-2/h27,33-34H,4-26H2,1-3H3. The van der Waals surface area contributed by atoms with Crippen molar-refractivity contribution in [3.8, 4) is 17.2 Å². The number of rotatable bonds is 24. The summed E-state index contributed by atoms with van der Waals surface area (Å²) in [5, 5.41) is 21.2. The van der Waals surface area contributed by atoms with Crippen LogP contribution in [-0.2, 0) is 12.8 Å². The molecule has 0 aliphatic carbocycles. The van der Waals surface area contributed by atoms with Crippen LogP contribution in [0.2, 0.25) is 0 Å². The highest BCUT2D eigenvalue weighted by molar-refractivity contribution is 5.56. The minimum atomic E-state index is -0.0244. The zero-order valence-corrected chi connectivity index (χ0v) is 23.6. The maximum absolute atomic E-state index is 10.7. The first-order valence-electron chi connectivity index (χ1n) is 15.3. The molecule has 1 rings (SSSR count). The summed E-state index contributed by atoms with van der Waals surface area (Å²) in [6, 6.07) is 1.66. The van der Waals surface area contributed by atoms with Crippen LogP contribution in [0.4, 0.5) is 0 Å². The SMILES string of the molecule is CCCCCCCCCCOc1cc(O)c(O)c(CCCCCCCC)c1CCCCCCCC. The Balaban J connectivity index is 2.68. The third kappa shape index (κ3) is 14.7. The molecule has 0 saturated carbocycles. The molecule has 0 radical (unpaired) electrons. The van der Waals surface area contributed by atoms with E-state index in [1.807, 2.05) is 0 Å². The summed E-state index contributed by atoms with van der Waals surface area (Å²) >= 11 is 0. The first kappa shape index (κ1) is 31.6.